The van der Waals surface area contributed by atoms with Gasteiger partial charge < -0.3 is 14.2 Å². The Morgan fingerprint density at radius 1 is 1.10 bits per heavy atom. The third kappa shape index (κ3) is 3.25. The number of carbonyl (C=O) groups excluding carboxylic acids is 1. The highest BCUT2D eigenvalue weighted by Crippen LogP contribution is 2.24. The maximum atomic E-state index is 12.0. The second-order valence-electron chi connectivity index (χ2n) is 4.43. The van der Waals surface area contributed by atoms with E-state index in [0.717, 1.165) is 10.0 Å². The molecule has 0 aliphatic carbocycles. The molecule has 4 nitrogen and oxygen atoms in total. The molecule has 106 valence electrons. The van der Waals surface area contributed by atoms with Crippen molar-refractivity contribution in [3.05, 3.63) is 70.8 Å². The van der Waals surface area contributed by atoms with Crippen molar-refractivity contribution >= 4 is 21.8 Å². The van der Waals surface area contributed by atoms with Gasteiger partial charge in [0.15, 0.2) is 5.76 Å². The molecule has 3 aromatic rings. The molecule has 0 fully saturated rings. The van der Waals surface area contributed by atoms with Crippen LogP contribution in [0.2, 0.25) is 0 Å². The molecule has 5 heteroatoms. The Morgan fingerprint density at radius 3 is 2.62 bits per heavy atom. The van der Waals surface area contributed by atoms with Crippen LogP contribution >= 0.6 is 15.9 Å². The Kier molecular flexibility index (Phi) is 3.92. The van der Waals surface area contributed by atoms with Crippen molar-refractivity contribution < 1.29 is 13.6 Å². The van der Waals surface area contributed by atoms with Crippen molar-refractivity contribution in [1.82, 2.24) is 5.32 Å². The second-order valence-corrected chi connectivity index (χ2v) is 5.35. The van der Waals surface area contributed by atoms with Gasteiger partial charge in [-0.25, -0.2) is 0 Å². The average Bonchev–Trinajstić information content (AvgIpc) is 3.17. The van der Waals surface area contributed by atoms with Crippen molar-refractivity contribution in [3.63, 3.8) is 0 Å². The van der Waals surface area contributed by atoms with Crippen LogP contribution in [0.4, 0.5) is 0 Å². The van der Waals surface area contributed by atoms with Crippen LogP contribution in [0.15, 0.2) is 68.1 Å². The van der Waals surface area contributed by atoms with Gasteiger partial charge in [0, 0.05) is 10.0 Å². The molecule has 1 N–H and O–H groups in total. The van der Waals surface area contributed by atoms with E-state index in [2.05, 4.69) is 21.2 Å². The molecule has 2 heterocycles. The quantitative estimate of drug-likeness (QED) is 0.769. The number of nitrogens with one attached hydrogen (secondary N) is 1. The van der Waals surface area contributed by atoms with E-state index in [-0.39, 0.29) is 11.7 Å². The molecule has 0 radical (unpaired) electrons. The number of hydrogen-bond acceptors (Lipinski definition) is 3. The van der Waals surface area contributed by atoms with E-state index in [9.17, 15) is 4.79 Å². The monoisotopic (exact) mass is 345 g/mol. The summed E-state index contributed by atoms with van der Waals surface area (Å²) in [5.74, 6) is 1.36. The van der Waals surface area contributed by atoms with Gasteiger partial charge in [0.25, 0.3) is 5.91 Å². The normalized spacial score (nSPS) is 10.5. The first-order valence-electron chi connectivity index (χ1n) is 6.39. The van der Waals surface area contributed by atoms with E-state index in [1.165, 1.54) is 0 Å². The fraction of sp³-hybridized carbons (Fsp3) is 0.0625. The first kappa shape index (κ1) is 13.7. The van der Waals surface area contributed by atoms with Gasteiger partial charge in [-0.2, -0.15) is 0 Å². The minimum absolute atomic E-state index is 0.269. The summed E-state index contributed by atoms with van der Waals surface area (Å²) in [7, 11) is 0. The molecule has 3 rings (SSSR count). The van der Waals surface area contributed by atoms with Crippen LogP contribution in [0.5, 0.6) is 0 Å². The predicted octanol–water partition coefficient (Wildman–Crippen LogP) is 4.23. The zero-order valence-corrected chi connectivity index (χ0v) is 12.6. The Morgan fingerprint density at radius 2 is 1.90 bits per heavy atom. The molecule has 0 saturated carbocycles. The van der Waals surface area contributed by atoms with E-state index in [1.807, 2.05) is 24.3 Å². The zero-order valence-electron chi connectivity index (χ0n) is 11.0. The van der Waals surface area contributed by atoms with Gasteiger partial charge in [0.1, 0.15) is 11.5 Å². The number of halogens is 1. The summed E-state index contributed by atoms with van der Waals surface area (Å²) in [6, 6.07) is 14.7. The molecule has 2 aromatic heterocycles. The molecular formula is C16H12BrNO3. The number of rotatable bonds is 4. The van der Waals surface area contributed by atoms with Gasteiger partial charge in [-0.15, -0.1) is 0 Å². The minimum atomic E-state index is -0.269. The van der Waals surface area contributed by atoms with Crippen molar-refractivity contribution in [2.75, 3.05) is 0 Å². The first-order valence-corrected chi connectivity index (χ1v) is 7.18. The van der Waals surface area contributed by atoms with Crippen molar-refractivity contribution in [1.29, 1.82) is 0 Å². The van der Waals surface area contributed by atoms with Crippen LogP contribution in [0, 0.1) is 0 Å². The first-order chi connectivity index (χ1) is 10.2. The van der Waals surface area contributed by atoms with E-state index in [1.54, 1.807) is 30.5 Å². The maximum Gasteiger partial charge on any atom is 0.287 e. The van der Waals surface area contributed by atoms with Crippen molar-refractivity contribution in [3.8, 4) is 11.3 Å². The second kappa shape index (κ2) is 6.01. The van der Waals surface area contributed by atoms with Crippen molar-refractivity contribution in [2.45, 2.75) is 6.54 Å². The summed E-state index contributed by atoms with van der Waals surface area (Å²) in [4.78, 5) is 12.0. The average molecular weight is 346 g/mol. The number of furan rings is 2. The molecule has 0 unspecified atom stereocenters. The van der Waals surface area contributed by atoms with Crippen molar-refractivity contribution in [2.24, 2.45) is 0 Å². The van der Waals surface area contributed by atoms with Gasteiger partial charge in [0.05, 0.1) is 12.8 Å². The number of carbonyl (C=O) groups is 1. The number of amides is 1. The smallest absolute Gasteiger partial charge is 0.287 e. The van der Waals surface area contributed by atoms with Gasteiger partial charge in [-0.1, -0.05) is 28.1 Å². The maximum absolute atomic E-state index is 12.0. The molecule has 1 aromatic carbocycles. The summed E-state index contributed by atoms with van der Waals surface area (Å²) in [6.45, 7) is 0.333. The highest BCUT2D eigenvalue weighted by molar-refractivity contribution is 9.10. The SMILES string of the molecule is O=C(NCc1ccco1)c1ccc(-c2ccc(Br)cc2)o1. The molecule has 0 saturated heterocycles. The lowest BCUT2D eigenvalue weighted by atomic mass is 10.2. The topological polar surface area (TPSA) is 55.4 Å². The molecular weight excluding hydrogens is 334 g/mol. The number of benzene rings is 1. The van der Waals surface area contributed by atoms with Crippen LogP contribution in [-0.2, 0) is 6.54 Å². The summed E-state index contributed by atoms with van der Waals surface area (Å²) in [5, 5.41) is 2.74. The Hall–Kier alpha value is -2.27. The molecule has 0 atom stereocenters. The van der Waals surface area contributed by atoms with Crippen LogP contribution in [0.1, 0.15) is 16.3 Å². The number of hydrogen-bond donors (Lipinski definition) is 1. The lowest BCUT2D eigenvalue weighted by Crippen LogP contribution is -2.21. The fourth-order valence-corrected chi connectivity index (χ4v) is 2.16. The third-order valence-electron chi connectivity index (χ3n) is 2.96. The molecule has 0 spiro atoms. The van der Waals surface area contributed by atoms with Crippen LogP contribution in [-0.4, -0.2) is 5.91 Å². The lowest BCUT2D eigenvalue weighted by Gasteiger charge is -2.00. The van der Waals surface area contributed by atoms with Gasteiger partial charge >= 0.3 is 0 Å². The van der Waals surface area contributed by atoms with E-state index < -0.39 is 0 Å². The lowest BCUT2D eigenvalue weighted by molar-refractivity contribution is 0.0921. The third-order valence-corrected chi connectivity index (χ3v) is 3.49. The molecule has 0 aliphatic heterocycles. The van der Waals surface area contributed by atoms with Crippen LogP contribution < -0.4 is 5.32 Å². The largest absolute Gasteiger partial charge is 0.467 e. The summed E-state index contributed by atoms with van der Waals surface area (Å²) in [5.41, 5.74) is 0.920. The molecule has 1 amide bonds. The highest BCUT2D eigenvalue weighted by atomic mass is 79.9. The van der Waals surface area contributed by atoms with E-state index >= 15 is 0 Å². The Labute approximate surface area is 129 Å². The molecule has 0 aliphatic rings. The van der Waals surface area contributed by atoms with Gasteiger partial charge in [-0.05, 0) is 36.4 Å². The predicted molar refractivity (Wildman–Crippen MR) is 81.7 cm³/mol. The van der Waals surface area contributed by atoms with Crippen LogP contribution in [0.3, 0.4) is 0 Å². The fourth-order valence-electron chi connectivity index (χ4n) is 1.90. The Bertz CT molecular complexity index is 729. The standard InChI is InChI=1S/C16H12BrNO3/c17-12-5-3-11(4-6-12)14-7-8-15(21-14)16(19)18-10-13-2-1-9-20-13/h1-9H,10H2,(H,18,19). The Balaban J connectivity index is 1.69. The van der Waals surface area contributed by atoms with Gasteiger partial charge in [0.2, 0.25) is 0 Å². The summed E-state index contributed by atoms with van der Waals surface area (Å²) >= 11 is 3.38. The van der Waals surface area contributed by atoms with E-state index in [0.29, 0.717) is 18.1 Å². The highest BCUT2D eigenvalue weighted by Gasteiger charge is 2.12. The summed E-state index contributed by atoms with van der Waals surface area (Å²) in [6.07, 6.45) is 1.57. The van der Waals surface area contributed by atoms with Crippen LogP contribution in [0.25, 0.3) is 11.3 Å². The van der Waals surface area contributed by atoms with Gasteiger partial charge in [-0.3, -0.25) is 4.79 Å². The molecule has 21 heavy (non-hydrogen) atoms. The summed E-state index contributed by atoms with van der Waals surface area (Å²) < 4.78 is 11.7. The zero-order chi connectivity index (χ0) is 14.7. The van der Waals surface area contributed by atoms with E-state index in [4.69, 9.17) is 8.83 Å². The molecule has 0 bridgehead atoms. The minimum Gasteiger partial charge on any atom is -0.467 e.